The van der Waals surface area contributed by atoms with Crippen molar-refractivity contribution in [3.05, 3.63) is 0 Å². The Balaban J connectivity index is 1.61. The van der Waals surface area contributed by atoms with Gasteiger partial charge >= 0.3 is 0 Å². The molecular weight excluding hydrogens is 206 g/mol. The zero-order chi connectivity index (χ0) is 12.1. The fourth-order valence-corrected chi connectivity index (χ4v) is 3.82. The van der Waals surface area contributed by atoms with Gasteiger partial charge in [-0.05, 0) is 56.9 Å². The van der Waals surface area contributed by atoms with E-state index in [2.05, 4.69) is 19.2 Å². The highest BCUT2D eigenvalue weighted by atomic mass is 14.9. The quantitative estimate of drug-likeness (QED) is 0.748. The maximum Gasteiger partial charge on any atom is 0.00671 e. The molecular formula is C16H31N. The van der Waals surface area contributed by atoms with Crippen molar-refractivity contribution in [2.24, 2.45) is 17.8 Å². The molecule has 0 aromatic heterocycles. The van der Waals surface area contributed by atoms with E-state index in [1.807, 2.05) is 0 Å². The Kier molecular flexibility index (Phi) is 5.34. The van der Waals surface area contributed by atoms with Gasteiger partial charge in [0.25, 0.3) is 0 Å². The van der Waals surface area contributed by atoms with Gasteiger partial charge in [0, 0.05) is 6.04 Å². The van der Waals surface area contributed by atoms with Gasteiger partial charge in [-0.2, -0.15) is 0 Å². The molecule has 0 aliphatic heterocycles. The van der Waals surface area contributed by atoms with Crippen LogP contribution in [0.2, 0.25) is 0 Å². The number of hydrogen-bond donors (Lipinski definition) is 1. The SMILES string of the molecule is CCC1CCC(CNC(C)C2CCCC2)CC1. The van der Waals surface area contributed by atoms with E-state index < -0.39 is 0 Å². The topological polar surface area (TPSA) is 12.0 Å². The van der Waals surface area contributed by atoms with Crippen molar-refractivity contribution < 1.29 is 0 Å². The van der Waals surface area contributed by atoms with Crippen LogP contribution >= 0.6 is 0 Å². The Hall–Kier alpha value is -0.0400. The molecule has 1 N–H and O–H groups in total. The van der Waals surface area contributed by atoms with Crippen molar-refractivity contribution in [1.29, 1.82) is 0 Å². The van der Waals surface area contributed by atoms with Crippen molar-refractivity contribution in [3.8, 4) is 0 Å². The summed E-state index contributed by atoms with van der Waals surface area (Å²) in [5.74, 6) is 2.99. The third-order valence-corrected chi connectivity index (χ3v) is 5.38. The van der Waals surface area contributed by atoms with Crippen molar-refractivity contribution in [2.75, 3.05) is 6.54 Å². The Labute approximate surface area is 108 Å². The standard InChI is InChI=1S/C16H31N/c1-3-14-8-10-15(11-9-14)12-17-13(2)16-6-4-5-7-16/h13-17H,3-12H2,1-2H3. The van der Waals surface area contributed by atoms with Gasteiger partial charge in [0.1, 0.15) is 0 Å². The molecule has 2 aliphatic carbocycles. The van der Waals surface area contributed by atoms with E-state index in [-0.39, 0.29) is 0 Å². The summed E-state index contributed by atoms with van der Waals surface area (Å²) in [7, 11) is 0. The molecule has 100 valence electrons. The van der Waals surface area contributed by atoms with Gasteiger partial charge in [0.2, 0.25) is 0 Å². The van der Waals surface area contributed by atoms with Crippen molar-refractivity contribution in [1.82, 2.24) is 5.32 Å². The second-order valence-electron chi connectivity index (χ2n) is 6.54. The Bertz CT molecular complexity index is 200. The largest absolute Gasteiger partial charge is 0.314 e. The molecule has 1 heteroatoms. The van der Waals surface area contributed by atoms with E-state index in [1.54, 1.807) is 0 Å². The Morgan fingerprint density at radius 2 is 1.53 bits per heavy atom. The molecule has 0 amide bonds. The van der Waals surface area contributed by atoms with Crippen molar-refractivity contribution >= 4 is 0 Å². The average molecular weight is 237 g/mol. The number of rotatable bonds is 5. The first-order valence-corrected chi connectivity index (χ1v) is 8.03. The van der Waals surface area contributed by atoms with Crippen LogP contribution in [-0.2, 0) is 0 Å². The first-order valence-electron chi connectivity index (χ1n) is 8.03. The van der Waals surface area contributed by atoms with Crippen LogP contribution in [0.1, 0.15) is 71.6 Å². The molecule has 2 aliphatic rings. The molecule has 1 unspecified atom stereocenters. The summed E-state index contributed by atoms with van der Waals surface area (Å²) in [4.78, 5) is 0. The smallest absolute Gasteiger partial charge is 0.00671 e. The van der Waals surface area contributed by atoms with Crippen LogP contribution in [0.15, 0.2) is 0 Å². The lowest BCUT2D eigenvalue weighted by atomic mass is 9.80. The third-order valence-electron chi connectivity index (χ3n) is 5.38. The highest BCUT2D eigenvalue weighted by Crippen LogP contribution is 2.31. The zero-order valence-corrected chi connectivity index (χ0v) is 11.9. The lowest BCUT2D eigenvalue weighted by Gasteiger charge is -2.30. The van der Waals surface area contributed by atoms with Crippen LogP contribution in [0.3, 0.4) is 0 Å². The molecule has 17 heavy (non-hydrogen) atoms. The van der Waals surface area contributed by atoms with Gasteiger partial charge in [0.05, 0.1) is 0 Å². The first kappa shape index (κ1) is 13.4. The van der Waals surface area contributed by atoms with Crippen LogP contribution in [0, 0.1) is 17.8 Å². The molecule has 0 spiro atoms. The maximum absolute atomic E-state index is 3.83. The minimum Gasteiger partial charge on any atom is -0.314 e. The molecule has 0 aromatic rings. The zero-order valence-electron chi connectivity index (χ0n) is 11.9. The maximum atomic E-state index is 3.83. The van der Waals surface area contributed by atoms with E-state index in [9.17, 15) is 0 Å². The molecule has 0 heterocycles. The molecule has 0 radical (unpaired) electrons. The summed E-state index contributed by atoms with van der Waals surface area (Å²) < 4.78 is 0. The molecule has 2 fully saturated rings. The molecule has 1 atom stereocenters. The summed E-state index contributed by atoms with van der Waals surface area (Å²) in [5, 5.41) is 3.83. The molecule has 1 nitrogen and oxygen atoms in total. The predicted octanol–water partition coefficient (Wildman–Crippen LogP) is 4.37. The number of hydrogen-bond acceptors (Lipinski definition) is 1. The van der Waals surface area contributed by atoms with E-state index in [0.717, 1.165) is 23.8 Å². The minimum atomic E-state index is 0.765. The van der Waals surface area contributed by atoms with Crippen LogP contribution in [-0.4, -0.2) is 12.6 Å². The van der Waals surface area contributed by atoms with E-state index in [4.69, 9.17) is 0 Å². The highest BCUT2D eigenvalue weighted by molar-refractivity contribution is 4.79. The Morgan fingerprint density at radius 3 is 2.12 bits per heavy atom. The summed E-state index contributed by atoms with van der Waals surface area (Å²) in [6, 6.07) is 0.765. The van der Waals surface area contributed by atoms with Gasteiger partial charge < -0.3 is 5.32 Å². The van der Waals surface area contributed by atoms with Crippen LogP contribution in [0.25, 0.3) is 0 Å². The summed E-state index contributed by atoms with van der Waals surface area (Å²) >= 11 is 0. The van der Waals surface area contributed by atoms with Crippen LogP contribution in [0.5, 0.6) is 0 Å². The highest BCUT2D eigenvalue weighted by Gasteiger charge is 2.23. The summed E-state index contributed by atoms with van der Waals surface area (Å²) in [6.45, 7) is 6.05. The normalized spacial score (nSPS) is 32.8. The van der Waals surface area contributed by atoms with Gasteiger partial charge in [-0.1, -0.05) is 39.0 Å². The van der Waals surface area contributed by atoms with Gasteiger partial charge in [-0.3, -0.25) is 0 Å². The van der Waals surface area contributed by atoms with E-state index in [0.29, 0.717) is 0 Å². The van der Waals surface area contributed by atoms with Crippen LogP contribution < -0.4 is 5.32 Å². The predicted molar refractivity (Wildman–Crippen MR) is 75.2 cm³/mol. The molecule has 0 aromatic carbocycles. The first-order chi connectivity index (χ1) is 8.29. The lowest BCUT2D eigenvalue weighted by Crippen LogP contribution is -2.36. The molecule has 2 saturated carbocycles. The lowest BCUT2D eigenvalue weighted by molar-refractivity contribution is 0.248. The van der Waals surface area contributed by atoms with Gasteiger partial charge in [-0.25, -0.2) is 0 Å². The molecule has 0 bridgehead atoms. The van der Waals surface area contributed by atoms with Crippen molar-refractivity contribution in [3.63, 3.8) is 0 Å². The fourth-order valence-electron chi connectivity index (χ4n) is 3.82. The molecule has 0 saturated heterocycles. The Morgan fingerprint density at radius 1 is 0.941 bits per heavy atom. The second kappa shape index (κ2) is 6.78. The average Bonchev–Trinajstić information content (AvgIpc) is 2.90. The van der Waals surface area contributed by atoms with E-state index >= 15 is 0 Å². The third kappa shape index (κ3) is 3.98. The van der Waals surface area contributed by atoms with Crippen molar-refractivity contribution in [2.45, 2.75) is 77.7 Å². The molecule has 2 rings (SSSR count). The van der Waals surface area contributed by atoms with Gasteiger partial charge in [0.15, 0.2) is 0 Å². The summed E-state index contributed by atoms with van der Waals surface area (Å²) in [5.41, 5.74) is 0. The number of nitrogens with one attached hydrogen (secondary N) is 1. The van der Waals surface area contributed by atoms with Gasteiger partial charge in [-0.15, -0.1) is 0 Å². The summed E-state index contributed by atoms with van der Waals surface area (Å²) in [6.07, 6.45) is 13.2. The van der Waals surface area contributed by atoms with E-state index in [1.165, 1.54) is 64.3 Å². The fraction of sp³-hybridized carbons (Fsp3) is 1.00. The second-order valence-corrected chi connectivity index (χ2v) is 6.54. The van der Waals surface area contributed by atoms with Crippen LogP contribution in [0.4, 0.5) is 0 Å². The minimum absolute atomic E-state index is 0.765. The monoisotopic (exact) mass is 237 g/mol.